The molecule has 0 bridgehead atoms. The molecule has 1 aliphatic rings. The van der Waals surface area contributed by atoms with Crippen molar-refractivity contribution in [1.82, 2.24) is 4.90 Å². The number of para-hydroxylation sites is 1. The van der Waals surface area contributed by atoms with E-state index in [4.69, 9.17) is 9.47 Å². The first-order valence-electron chi connectivity index (χ1n) is 10.6. The molecule has 0 fully saturated rings. The van der Waals surface area contributed by atoms with Crippen LogP contribution in [0, 0.1) is 0 Å². The van der Waals surface area contributed by atoms with Gasteiger partial charge in [0.05, 0.1) is 12.3 Å². The van der Waals surface area contributed by atoms with Crippen molar-refractivity contribution in [3.05, 3.63) is 53.6 Å². The van der Waals surface area contributed by atoms with Crippen LogP contribution in [0.3, 0.4) is 0 Å². The number of Topliss-reactive ketones (excluding diaryl/α,β-unsaturated/α-hetero) is 1. The number of hydrogen-bond donors (Lipinski definition) is 1. The van der Waals surface area contributed by atoms with Crippen LogP contribution in [0.2, 0.25) is 0 Å². The number of nitrogens with zero attached hydrogens (tertiary/aromatic N) is 1. The number of unbranched alkanes of at least 4 members (excludes halogenated alkanes) is 1. The van der Waals surface area contributed by atoms with E-state index in [0.717, 1.165) is 38.1 Å². The molecular formula is C24H30N2O4. The molecule has 0 atom stereocenters. The van der Waals surface area contributed by atoms with Crippen molar-refractivity contribution >= 4 is 17.4 Å². The number of likely N-dealkylation sites (N-methyl/N-ethyl adjacent to an activating group) is 1. The van der Waals surface area contributed by atoms with Gasteiger partial charge >= 0.3 is 0 Å². The van der Waals surface area contributed by atoms with Gasteiger partial charge in [0.1, 0.15) is 11.5 Å². The van der Waals surface area contributed by atoms with Gasteiger partial charge in [-0.15, -0.1) is 0 Å². The average Bonchev–Trinajstić information content (AvgIpc) is 2.75. The number of benzene rings is 2. The highest BCUT2D eigenvalue weighted by molar-refractivity contribution is 6.00. The van der Waals surface area contributed by atoms with E-state index < -0.39 is 0 Å². The van der Waals surface area contributed by atoms with Crippen molar-refractivity contribution in [2.45, 2.75) is 32.6 Å². The van der Waals surface area contributed by atoms with Crippen molar-refractivity contribution in [3.8, 4) is 11.5 Å². The Kier molecular flexibility index (Phi) is 7.85. The molecule has 1 heterocycles. The Morgan fingerprint density at radius 1 is 1.17 bits per heavy atom. The molecule has 0 unspecified atom stereocenters. The first-order valence-corrected chi connectivity index (χ1v) is 10.6. The minimum absolute atomic E-state index is 0.0189. The Labute approximate surface area is 178 Å². The summed E-state index contributed by atoms with van der Waals surface area (Å²) in [6.45, 7) is 4.58. The zero-order chi connectivity index (χ0) is 21.3. The summed E-state index contributed by atoms with van der Waals surface area (Å²) in [6.07, 6.45) is 3.22. The molecule has 30 heavy (non-hydrogen) atoms. The molecule has 0 saturated heterocycles. The molecule has 0 saturated carbocycles. The summed E-state index contributed by atoms with van der Waals surface area (Å²) in [5.74, 6) is 1.47. The van der Waals surface area contributed by atoms with Crippen molar-refractivity contribution in [1.29, 1.82) is 0 Å². The van der Waals surface area contributed by atoms with Gasteiger partial charge in [0.25, 0.3) is 5.91 Å². The average molecular weight is 411 g/mol. The van der Waals surface area contributed by atoms with E-state index in [-0.39, 0.29) is 18.3 Å². The highest BCUT2D eigenvalue weighted by Gasteiger charge is 2.17. The van der Waals surface area contributed by atoms with Crippen molar-refractivity contribution in [3.63, 3.8) is 0 Å². The van der Waals surface area contributed by atoms with Gasteiger partial charge in [-0.3, -0.25) is 9.59 Å². The number of fused-ring (bicyclic) bond motifs is 1. The molecule has 6 nitrogen and oxygen atoms in total. The molecular weight excluding hydrogens is 380 g/mol. The first-order chi connectivity index (χ1) is 14.6. The predicted molar refractivity (Wildman–Crippen MR) is 118 cm³/mol. The Hall–Kier alpha value is -2.86. The Morgan fingerprint density at radius 3 is 2.83 bits per heavy atom. The highest BCUT2D eigenvalue weighted by atomic mass is 16.5. The third kappa shape index (κ3) is 6.07. The molecule has 0 aliphatic carbocycles. The van der Waals surface area contributed by atoms with Gasteiger partial charge in [-0.1, -0.05) is 18.2 Å². The van der Waals surface area contributed by atoms with E-state index >= 15 is 0 Å². The molecule has 2 aromatic carbocycles. The molecule has 3 rings (SSSR count). The number of ether oxygens (including phenoxy) is 2. The zero-order valence-electron chi connectivity index (χ0n) is 17.8. The van der Waals surface area contributed by atoms with Crippen LogP contribution in [0.1, 0.15) is 42.1 Å². The van der Waals surface area contributed by atoms with Crippen LogP contribution in [0.25, 0.3) is 0 Å². The highest BCUT2D eigenvalue weighted by Crippen LogP contribution is 2.29. The number of nitrogens with one attached hydrogen (secondary N) is 1. The normalized spacial score (nSPS) is 12.8. The van der Waals surface area contributed by atoms with Gasteiger partial charge in [-0.05, 0) is 69.6 Å². The van der Waals surface area contributed by atoms with Gasteiger partial charge < -0.3 is 19.7 Å². The number of anilines is 1. The quantitative estimate of drug-likeness (QED) is 0.449. The monoisotopic (exact) mass is 410 g/mol. The second-order valence-electron chi connectivity index (χ2n) is 7.52. The lowest BCUT2D eigenvalue weighted by molar-refractivity contribution is -0.118. The summed E-state index contributed by atoms with van der Waals surface area (Å²) in [6, 6.07) is 13.4. The fourth-order valence-electron chi connectivity index (χ4n) is 3.50. The Balaban J connectivity index is 1.39. The minimum Gasteiger partial charge on any atom is -0.494 e. The second kappa shape index (κ2) is 10.8. The predicted octanol–water partition coefficient (Wildman–Crippen LogP) is 3.94. The Morgan fingerprint density at radius 2 is 2.00 bits per heavy atom. The summed E-state index contributed by atoms with van der Waals surface area (Å²) in [5.41, 5.74) is 2.41. The molecule has 1 amide bonds. The number of rotatable bonds is 11. The molecule has 1 N–H and O–H groups in total. The van der Waals surface area contributed by atoms with Crippen LogP contribution < -0.4 is 14.8 Å². The molecule has 160 valence electrons. The summed E-state index contributed by atoms with van der Waals surface area (Å²) < 4.78 is 11.0. The van der Waals surface area contributed by atoms with E-state index in [1.807, 2.05) is 25.1 Å². The topological polar surface area (TPSA) is 67.9 Å². The van der Waals surface area contributed by atoms with Crippen molar-refractivity contribution in [2.24, 2.45) is 0 Å². The van der Waals surface area contributed by atoms with Crippen LogP contribution >= 0.6 is 0 Å². The molecule has 0 aromatic heterocycles. The fraction of sp³-hybridized carbons (Fsp3) is 0.417. The van der Waals surface area contributed by atoms with E-state index in [9.17, 15) is 9.59 Å². The number of amides is 1. The third-order valence-electron chi connectivity index (χ3n) is 5.16. The number of ketones is 1. The summed E-state index contributed by atoms with van der Waals surface area (Å²) in [7, 11) is 2.11. The van der Waals surface area contributed by atoms with E-state index in [2.05, 4.69) is 23.3 Å². The third-order valence-corrected chi connectivity index (χ3v) is 5.16. The van der Waals surface area contributed by atoms with E-state index in [1.165, 1.54) is 5.56 Å². The fourth-order valence-corrected chi connectivity index (χ4v) is 3.50. The first kappa shape index (κ1) is 21.8. The van der Waals surface area contributed by atoms with Gasteiger partial charge in [0.2, 0.25) is 0 Å². The number of hydrogen-bond acceptors (Lipinski definition) is 5. The van der Waals surface area contributed by atoms with Crippen LogP contribution in [-0.4, -0.2) is 49.9 Å². The molecule has 0 radical (unpaired) electrons. The van der Waals surface area contributed by atoms with E-state index in [1.54, 1.807) is 18.2 Å². The van der Waals surface area contributed by atoms with Gasteiger partial charge in [0, 0.05) is 18.5 Å². The van der Waals surface area contributed by atoms with Crippen molar-refractivity contribution < 1.29 is 19.1 Å². The minimum atomic E-state index is -0.195. The Bertz CT molecular complexity index is 881. The van der Waals surface area contributed by atoms with Gasteiger partial charge in [-0.2, -0.15) is 0 Å². The summed E-state index contributed by atoms with van der Waals surface area (Å²) in [5, 5.41) is 2.74. The van der Waals surface area contributed by atoms with Gasteiger partial charge in [-0.25, -0.2) is 0 Å². The molecule has 0 spiro atoms. The number of carbonyl (C=O) groups excluding carboxylic acids is 2. The van der Waals surface area contributed by atoms with Crippen molar-refractivity contribution in [2.75, 3.05) is 38.7 Å². The summed E-state index contributed by atoms with van der Waals surface area (Å²) >= 11 is 0. The maximum Gasteiger partial charge on any atom is 0.262 e. The van der Waals surface area contributed by atoms with Crippen LogP contribution in [0.4, 0.5) is 5.69 Å². The smallest absolute Gasteiger partial charge is 0.262 e. The maximum atomic E-state index is 12.5. The molecule has 1 aliphatic heterocycles. The van der Waals surface area contributed by atoms with Crippen LogP contribution in [-0.2, 0) is 11.2 Å². The van der Waals surface area contributed by atoms with E-state index in [0.29, 0.717) is 30.0 Å². The standard InChI is InChI=1S/C24H30N2O4/c1-3-29-22-10-5-4-8-18(22)13-15-26(2)14-7-6-9-21(27)19-11-12-23-20(16-19)25-24(28)17-30-23/h4-5,8,10-12,16H,3,6-7,9,13-15,17H2,1-2H3,(H,25,28). The van der Waals surface area contributed by atoms with Crippen LogP contribution in [0.15, 0.2) is 42.5 Å². The lowest BCUT2D eigenvalue weighted by Gasteiger charge is -2.18. The molecule has 6 heteroatoms. The largest absolute Gasteiger partial charge is 0.494 e. The molecule has 2 aromatic rings. The lowest BCUT2D eigenvalue weighted by atomic mass is 10.0. The SMILES string of the molecule is CCOc1ccccc1CCN(C)CCCCC(=O)c1ccc2c(c1)NC(=O)CO2. The lowest BCUT2D eigenvalue weighted by Crippen LogP contribution is -2.25. The summed E-state index contributed by atoms with van der Waals surface area (Å²) in [4.78, 5) is 26.2. The maximum absolute atomic E-state index is 12.5. The number of carbonyl (C=O) groups is 2. The second-order valence-corrected chi connectivity index (χ2v) is 7.52. The van der Waals surface area contributed by atoms with Crippen LogP contribution in [0.5, 0.6) is 11.5 Å². The van der Waals surface area contributed by atoms with Gasteiger partial charge in [0.15, 0.2) is 12.4 Å². The zero-order valence-corrected chi connectivity index (χ0v) is 17.8.